The summed E-state index contributed by atoms with van der Waals surface area (Å²) in [5.74, 6) is -1.29. The van der Waals surface area contributed by atoms with Crippen LogP contribution in [-0.4, -0.2) is 25.6 Å². The van der Waals surface area contributed by atoms with E-state index in [0.29, 0.717) is 5.56 Å². The number of halogens is 1. The second kappa shape index (κ2) is 6.75. The molecule has 0 spiro atoms. The van der Waals surface area contributed by atoms with Crippen LogP contribution in [0.2, 0.25) is 0 Å². The van der Waals surface area contributed by atoms with Gasteiger partial charge in [0.05, 0.1) is 10.5 Å². The molecule has 0 aliphatic rings. The molecule has 0 aliphatic carbocycles. The van der Waals surface area contributed by atoms with Gasteiger partial charge in [0.1, 0.15) is 17.3 Å². The smallest absolute Gasteiger partial charge is 0.338 e. The van der Waals surface area contributed by atoms with Crippen molar-refractivity contribution >= 4 is 21.5 Å². The molecule has 9 heteroatoms. The molecule has 7 nitrogen and oxygen atoms in total. The second-order valence-corrected chi connectivity index (χ2v) is 6.90. The Bertz CT molecular complexity index is 893. The van der Waals surface area contributed by atoms with E-state index in [-0.39, 0.29) is 12.2 Å². The number of hydrogen-bond acceptors (Lipinski definition) is 6. The van der Waals surface area contributed by atoms with E-state index in [2.05, 4.69) is 0 Å². The van der Waals surface area contributed by atoms with E-state index in [1.165, 1.54) is 24.3 Å². The summed E-state index contributed by atoms with van der Waals surface area (Å²) in [5, 5.41) is 11.0. The molecule has 0 fully saturated rings. The average molecular weight is 353 g/mol. The Balaban J connectivity index is 2.22. The van der Waals surface area contributed by atoms with Gasteiger partial charge in [-0.25, -0.2) is 17.6 Å². The second-order valence-electron chi connectivity index (χ2n) is 4.91. The van der Waals surface area contributed by atoms with Crippen molar-refractivity contribution < 1.29 is 27.3 Å². The Kier molecular flexibility index (Phi) is 4.93. The van der Waals surface area contributed by atoms with Gasteiger partial charge < -0.3 is 4.74 Å². The fourth-order valence-corrected chi connectivity index (χ4v) is 2.74. The van der Waals surface area contributed by atoms with Gasteiger partial charge in [-0.05, 0) is 29.8 Å². The first-order valence-electron chi connectivity index (χ1n) is 6.58. The van der Waals surface area contributed by atoms with Gasteiger partial charge in [-0.3, -0.25) is 10.1 Å². The number of nitro benzene ring substituents is 1. The van der Waals surface area contributed by atoms with Crippen molar-refractivity contribution in [3.63, 3.8) is 0 Å². The Hall–Kier alpha value is -2.81. The number of carbonyl (C=O) groups excluding carboxylic acids is 1. The van der Waals surface area contributed by atoms with Crippen molar-refractivity contribution in [2.75, 3.05) is 6.26 Å². The lowest BCUT2D eigenvalue weighted by Crippen LogP contribution is -2.08. The highest BCUT2D eigenvalue weighted by Gasteiger charge is 2.24. The molecule has 0 amide bonds. The molecule has 0 bridgehead atoms. The summed E-state index contributed by atoms with van der Waals surface area (Å²) in [6.45, 7) is -0.152. The first kappa shape index (κ1) is 17.5. The van der Waals surface area contributed by atoms with Crippen molar-refractivity contribution in [2.24, 2.45) is 0 Å². The van der Waals surface area contributed by atoms with E-state index >= 15 is 0 Å². The van der Waals surface area contributed by atoms with Crippen molar-refractivity contribution in [2.45, 2.75) is 11.5 Å². The molecule has 0 saturated carbocycles. The number of esters is 1. The lowest BCUT2D eigenvalue weighted by Gasteiger charge is -2.06. The largest absolute Gasteiger partial charge is 0.457 e. The van der Waals surface area contributed by atoms with Crippen molar-refractivity contribution in [3.05, 3.63) is 69.5 Å². The molecule has 0 saturated heterocycles. The monoisotopic (exact) mass is 353 g/mol. The zero-order chi connectivity index (χ0) is 17.9. The zero-order valence-corrected chi connectivity index (χ0v) is 13.2. The molecule has 2 rings (SSSR count). The fraction of sp³-hybridized carbons (Fsp3) is 0.133. The van der Waals surface area contributed by atoms with Crippen LogP contribution in [0.1, 0.15) is 15.9 Å². The molecule has 0 heterocycles. The van der Waals surface area contributed by atoms with E-state index in [0.717, 1.165) is 24.5 Å². The van der Waals surface area contributed by atoms with Crippen LogP contribution in [0, 0.1) is 15.9 Å². The first-order chi connectivity index (χ1) is 11.2. The third-order valence-electron chi connectivity index (χ3n) is 3.07. The summed E-state index contributed by atoms with van der Waals surface area (Å²) in [7, 11) is -3.81. The van der Waals surface area contributed by atoms with E-state index in [1.807, 2.05) is 0 Å². The summed E-state index contributed by atoms with van der Waals surface area (Å²) in [6.07, 6.45) is 0.835. The predicted molar refractivity (Wildman–Crippen MR) is 81.7 cm³/mol. The molecule has 0 radical (unpaired) electrons. The Labute approximate surface area is 136 Å². The number of benzene rings is 2. The van der Waals surface area contributed by atoms with Gasteiger partial charge in [0.25, 0.3) is 5.69 Å². The van der Waals surface area contributed by atoms with Gasteiger partial charge in [-0.15, -0.1) is 0 Å². The van der Waals surface area contributed by atoms with Crippen LogP contribution in [0.3, 0.4) is 0 Å². The molecule has 0 aromatic heterocycles. The van der Waals surface area contributed by atoms with Gasteiger partial charge in [0.2, 0.25) is 0 Å². The highest BCUT2D eigenvalue weighted by atomic mass is 32.2. The number of sulfone groups is 1. The number of hydrogen-bond donors (Lipinski definition) is 0. The molecular weight excluding hydrogens is 341 g/mol. The lowest BCUT2D eigenvalue weighted by atomic mass is 10.2. The van der Waals surface area contributed by atoms with Gasteiger partial charge in [-0.2, -0.15) is 0 Å². The topological polar surface area (TPSA) is 104 Å². The third kappa shape index (κ3) is 4.13. The summed E-state index contributed by atoms with van der Waals surface area (Å²) >= 11 is 0. The predicted octanol–water partition coefficient (Wildman–Crippen LogP) is 2.49. The van der Waals surface area contributed by atoms with Crippen LogP contribution in [0.25, 0.3) is 0 Å². The van der Waals surface area contributed by atoms with E-state index in [4.69, 9.17) is 4.74 Å². The Morgan fingerprint density at radius 2 is 1.83 bits per heavy atom. The highest BCUT2D eigenvalue weighted by Crippen LogP contribution is 2.25. The molecule has 0 N–H and O–H groups in total. The Morgan fingerprint density at radius 3 is 2.38 bits per heavy atom. The quantitative estimate of drug-likeness (QED) is 0.465. The fourth-order valence-electron chi connectivity index (χ4n) is 1.91. The molecular formula is C15H12FNO6S. The van der Waals surface area contributed by atoms with E-state index in [1.54, 1.807) is 0 Å². The van der Waals surface area contributed by atoms with Crippen molar-refractivity contribution in [3.8, 4) is 0 Å². The zero-order valence-electron chi connectivity index (χ0n) is 12.4. The van der Waals surface area contributed by atoms with Crippen LogP contribution < -0.4 is 0 Å². The van der Waals surface area contributed by atoms with E-state index < -0.39 is 37.1 Å². The number of nitro groups is 1. The van der Waals surface area contributed by atoms with Crippen molar-refractivity contribution in [1.29, 1.82) is 0 Å². The molecule has 0 aliphatic heterocycles. The minimum atomic E-state index is -3.81. The number of ether oxygens (including phenoxy) is 1. The van der Waals surface area contributed by atoms with Crippen LogP contribution in [-0.2, 0) is 21.2 Å². The minimum absolute atomic E-state index is 0.152. The van der Waals surface area contributed by atoms with Gasteiger partial charge in [0.15, 0.2) is 9.84 Å². The van der Waals surface area contributed by atoms with Gasteiger partial charge in [-0.1, -0.05) is 12.1 Å². The summed E-state index contributed by atoms with van der Waals surface area (Å²) in [6, 6.07) is 8.24. The molecule has 24 heavy (non-hydrogen) atoms. The molecule has 0 unspecified atom stereocenters. The maximum absolute atomic E-state index is 12.8. The molecule has 126 valence electrons. The number of rotatable bonds is 5. The van der Waals surface area contributed by atoms with Gasteiger partial charge in [0, 0.05) is 12.3 Å². The van der Waals surface area contributed by atoms with E-state index in [9.17, 15) is 27.7 Å². The average Bonchev–Trinajstić information content (AvgIpc) is 2.52. The van der Waals surface area contributed by atoms with Crippen LogP contribution >= 0.6 is 0 Å². The lowest BCUT2D eigenvalue weighted by molar-refractivity contribution is -0.387. The maximum atomic E-state index is 12.8. The standard InChI is InChI=1S/C15H12FNO6S/c1-24(21,22)14-7-4-11(8-13(14)17(19)20)15(18)23-9-10-2-5-12(16)6-3-10/h2-8H,9H2,1H3. The summed E-state index contributed by atoms with van der Waals surface area (Å²) < 4.78 is 40.8. The molecule has 0 atom stereocenters. The normalized spacial score (nSPS) is 11.1. The number of carbonyl (C=O) groups is 1. The number of nitrogens with zero attached hydrogens (tertiary/aromatic N) is 1. The van der Waals surface area contributed by atoms with Gasteiger partial charge >= 0.3 is 5.97 Å². The summed E-state index contributed by atoms with van der Waals surface area (Å²) in [5.41, 5.74) is -0.322. The summed E-state index contributed by atoms with van der Waals surface area (Å²) in [4.78, 5) is 21.6. The van der Waals surface area contributed by atoms with Crippen molar-refractivity contribution in [1.82, 2.24) is 0 Å². The minimum Gasteiger partial charge on any atom is -0.457 e. The SMILES string of the molecule is CS(=O)(=O)c1ccc(C(=O)OCc2ccc(F)cc2)cc1[N+](=O)[O-]. The van der Waals surface area contributed by atoms with Crippen LogP contribution in [0.15, 0.2) is 47.4 Å². The third-order valence-corrected chi connectivity index (χ3v) is 4.22. The molecule has 2 aromatic rings. The highest BCUT2D eigenvalue weighted by molar-refractivity contribution is 7.90. The Morgan fingerprint density at radius 1 is 1.21 bits per heavy atom. The first-order valence-corrected chi connectivity index (χ1v) is 8.47. The maximum Gasteiger partial charge on any atom is 0.338 e. The molecule has 2 aromatic carbocycles. The van der Waals surface area contributed by atoms with Crippen LogP contribution in [0.4, 0.5) is 10.1 Å². The van der Waals surface area contributed by atoms with Crippen LogP contribution in [0.5, 0.6) is 0 Å².